The van der Waals surface area contributed by atoms with Crippen LogP contribution in [0.4, 0.5) is 5.69 Å². The van der Waals surface area contributed by atoms with Gasteiger partial charge in [0.05, 0.1) is 6.08 Å². The maximum absolute atomic E-state index is 7.95. The zero-order valence-corrected chi connectivity index (χ0v) is 14.3. The Labute approximate surface area is 143 Å². The molecule has 3 N–H and O–H groups in total. The number of hydrogen-bond donors (Lipinski definition) is 2. The molecule has 0 radical (unpaired) electrons. The highest BCUT2D eigenvalue weighted by Gasteiger charge is 2.11. The maximum atomic E-state index is 7.95. The topological polar surface area (TPSA) is 52.9 Å². The van der Waals surface area contributed by atoms with Gasteiger partial charge in [0.15, 0.2) is 0 Å². The zero-order chi connectivity index (χ0) is 16.8. The number of rotatable bonds is 6. The number of benzene rings is 2. The average molecular weight is 324 g/mol. The molecule has 2 aromatic rings. The molecule has 1 aliphatic rings. The van der Waals surface area contributed by atoms with E-state index in [0.717, 1.165) is 17.9 Å². The number of nitrogens with one attached hydrogen (secondary N) is 1. The molecule has 3 rings (SSSR count). The highest BCUT2D eigenvalue weighted by molar-refractivity contribution is 5.85. The van der Waals surface area contributed by atoms with Crippen LogP contribution in [0.15, 0.2) is 54.2 Å². The molecule has 4 nitrogen and oxygen atoms in total. The average Bonchev–Trinajstić information content (AvgIpc) is 3.08. The van der Waals surface area contributed by atoms with E-state index in [2.05, 4.69) is 52.7 Å². The molecular formula is C20H26N3O+. The Kier molecular flexibility index (Phi) is 5.62. The number of nitrogens with zero attached hydrogens (tertiary/aromatic N) is 1. The van der Waals surface area contributed by atoms with Crippen LogP contribution in [0.5, 0.6) is 0 Å². The van der Waals surface area contributed by atoms with E-state index in [9.17, 15) is 0 Å². The van der Waals surface area contributed by atoms with Gasteiger partial charge in [-0.15, -0.1) is 0 Å². The Bertz CT molecular complexity index is 732. The molecule has 4 heteroatoms. The number of likely N-dealkylation sites (tertiary alicyclic amines) is 1. The van der Waals surface area contributed by atoms with Crippen LogP contribution in [-0.4, -0.2) is 37.0 Å². The largest absolute Gasteiger partial charge is 0.477 e. The minimum Gasteiger partial charge on any atom is -0.477 e. The fourth-order valence-electron chi connectivity index (χ4n) is 3.14. The van der Waals surface area contributed by atoms with Crippen LogP contribution in [0.3, 0.4) is 0 Å². The number of fused-ring (bicyclic) bond motifs is 1. The Morgan fingerprint density at radius 3 is 2.71 bits per heavy atom. The Balaban J connectivity index is 1.51. The number of quaternary nitrogens is 1. The van der Waals surface area contributed by atoms with Crippen LogP contribution in [0.1, 0.15) is 19.8 Å². The fraction of sp³-hybridized carbons (Fsp3) is 0.350. The van der Waals surface area contributed by atoms with Gasteiger partial charge in [-0.25, -0.2) is 0 Å². The number of hydrogen-bond acceptors (Lipinski definition) is 3. The lowest BCUT2D eigenvalue weighted by atomic mass is 10.1. The summed E-state index contributed by atoms with van der Waals surface area (Å²) in [4.78, 5) is 2.39. The molecule has 0 bridgehead atoms. The molecule has 2 aromatic carbocycles. The first-order valence-electron chi connectivity index (χ1n) is 8.66. The van der Waals surface area contributed by atoms with Crippen LogP contribution in [0, 0.1) is 5.41 Å². The second kappa shape index (κ2) is 8.08. The number of nitrogens with two attached hydrogens (primary N) is 1. The molecular weight excluding hydrogens is 298 g/mol. The third-order valence-electron chi connectivity index (χ3n) is 4.39. The number of allylic oxidation sites excluding steroid dienone is 1. The van der Waals surface area contributed by atoms with Gasteiger partial charge in [0.25, 0.3) is 0 Å². The highest BCUT2D eigenvalue weighted by atomic mass is 16.5. The highest BCUT2D eigenvalue weighted by Crippen LogP contribution is 2.16. The van der Waals surface area contributed by atoms with Crippen LogP contribution in [0.25, 0.3) is 10.8 Å². The minimum absolute atomic E-state index is 0.240. The quantitative estimate of drug-likeness (QED) is 0.487. The molecule has 126 valence electrons. The molecule has 0 unspecified atom stereocenters. The van der Waals surface area contributed by atoms with Crippen molar-refractivity contribution in [2.24, 2.45) is 0 Å². The van der Waals surface area contributed by atoms with Crippen molar-refractivity contribution in [2.45, 2.75) is 19.8 Å². The van der Waals surface area contributed by atoms with Gasteiger partial charge in [0.2, 0.25) is 5.90 Å². The molecule has 0 aliphatic carbocycles. The molecule has 24 heavy (non-hydrogen) atoms. The summed E-state index contributed by atoms with van der Waals surface area (Å²) in [6.45, 7) is 5.86. The predicted molar refractivity (Wildman–Crippen MR) is 98.6 cm³/mol. The fourth-order valence-corrected chi connectivity index (χ4v) is 3.14. The van der Waals surface area contributed by atoms with Gasteiger partial charge in [0, 0.05) is 25.6 Å². The third-order valence-corrected chi connectivity index (χ3v) is 4.39. The molecule has 0 spiro atoms. The summed E-state index contributed by atoms with van der Waals surface area (Å²) in [5, 5.41) is 12.5. The van der Waals surface area contributed by atoms with Crippen LogP contribution >= 0.6 is 0 Å². The maximum Gasteiger partial charge on any atom is 0.211 e. The first-order chi connectivity index (χ1) is 11.7. The smallest absolute Gasteiger partial charge is 0.211 e. The molecule has 1 heterocycles. The second-order valence-corrected chi connectivity index (χ2v) is 6.40. The third kappa shape index (κ3) is 4.66. The van der Waals surface area contributed by atoms with Gasteiger partial charge in [-0.3, -0.25) is 15.6 Å². The summed E-state index contributed by atoms with van der Waals surface area (Å²) in [7, 11) is 0. The SMILES string of the molecule is C/C(=C/C(=N)OCCN1CCCC1)[NH2+]c1ccc2ccccc2c1. The molecule has 0 saturated carbocycles. The van der Waals surface area contributed by atoms with Crippen molar-refractivity contribution < 1.29 is 10.1 Å². The van der Waals surface area contributed by atoms with E-state index in [1.165, 1.54) is 36.7 Å². The first-order valence-corrected chi connectivity index (χ1v) is 8.66. The lowest BCUT2D eigenvalue weighted by molar-refractivity contribution is -0.517. The van der Waals surface area contributed by atoms with E-state index in [4.69, 9.17) is 10.1 Å². The van der Waals surface area contributed by atoms with Crippen molar-refractivity contribution in [1.82, 2.24) is 4.90 Å². The van der Waals surface area contributed by atoms with Crippen LogP contribution in [0.2, 0.25) is 0 Å². The molecule has 1 aliphatic heterocycles. The van der Waals surface area contributed by atoms with Crippen LogP contribution < -0.4 is 5.32 Å². The van der Waals surface area contributed by atoms with E-state index in [0.29, 0.717) is 6.61 Å². The van der Waals surface area contributed by atoms with Crippen molar-refractivity contribution in [1.29, 1.82) is 5.41 Å². The Morgan fingerprint density at radius 1 is 1.17 bits per heavy atom. The standard InChI is InChI=1S/C20H25N3O/c1-16(14-20(21)24-13-12-23-10-4-5-11-23)22-19-9-8-17-6-2-3-7-18(17)15-19/h2-3,6-9,14-15,21-22H,4-5,10-13H2,1H3/p+1/b16-14-,21-20?. The normalized spacial score (nSPS) is 15.8. The van der Waals surface area contributed by atoms with Crippen molar-refractivity contribution in [3.05, 3.63) is 54.2 Å². The molecule has 0 amide bonds. The lowest BCUT2D eigenvalue weighted by Crippen LogP contribution is -2.75. The molecule has 0 aromatic heterocycles. The van der Waals surface area contributed by atoms with Crippen molar-refractivity contribution in [3.63, 3.8) is 0 Å². The minimum atomic E-state index is 0.240. The van der Waals surface area contributed by atoms with Crippen molar-refractivity contribution in [2.75, 3.05) is 26.2 Å². The second-order valence-electron chi connectivity index (χ2n) is 6.40. The van der Waals surface area contributed by atoms with E-state index in [1.54, 1.807) is 6.08 Å². The van der Waals surface area contributed by atoms with Gasteiger partial charge in [0.1, 0.15) is 18.0 Å². The monoisotopic (exact) mass is 324 g/mol. The molecule has 1 saturated heterocycles. The van der Waals surface area contributed by atoms with E-state index in [1.807, 2.05) is 6.92 Å². The zero-order valence-electron chi connectivity index (χ0n) is 14.3. The summed E-state index contributed by atoms with van der Waals surface area (Å²) in [6.07, 6.45) is 4.37. The van der Waals surface area contributed by atoms with E-state index >= 15 is 0 Å². The van der Waals surface area contributed by atoms with E-state index in [-0.39, 0.29) is 5.90 Å². The summed E-state index contributed by atoms with van der Waals surface area (Å²) in [6, 6.07) is 14.8. The van der Waals surface area contributed by atoms with Gasteiger partial charge in [-0.1, -0.05) is 24.3 Å². The van der Waals surface area contributed by atoms with E-state index < -0.39 is 0 Å². The van der Waals surface area contributed by atoms with Gasteiger partial charge in [-0.05, 0) is 42.8 Å². The number of ether oxygens (including phenoxy) is 1. The van der Waals surface area contributed by atoms with Crippen molar-refractivity contribution >= 4 is 22.4 Å². The Hall–Kier alpha value is -2.17. The van der Waals surface area contributed by atoms with Crippen molar-refractivity contribution in [3.8, 4) is 0 Å². The summed E-state index contributed by atoms with van der Waals surface area (Å²) >= 11 is 0. The summed E-state index contributed by atoms with van der Waals surface area (Å²) in [5.74, 6) is 0.240. The Morgan fingerprint density at radius 2 is 1.92 bits per heavy atom. The molecule has 1 fully saturated rings. The predicted octanol–water partition coefficient (Wildman–Crippen LogP) is 3.03. The lowest BCUT2D eigenvalue weighted by Gasteiger charge is -2.14. The van der Waals surface area contributed by atoms with Gasteiger partial charge < -0.3 is 4.74 Å². The van der Waals surface area contributed by atoms with Crippen LogP contribution in [-0.2, 0) is 4.74 Å². The van der Waals surface area contributed by atoms with Gasteiger partial charge >= 0.3 is 0 Å². The summed E-state index contributed by atoms with van der Waals surface area (Å²) in [5.41, 5.74) is 2.17. The first kappa shape index (κ1) is 16.7. The summed E-state index contributed by atoms with van der Waals surface area (Å²) < 4.78 is 5.53. The van der Waals surface area contributed by atoms with Gasteiger partial charge in [-0.2, -0.15) is 0 Å². The molecule has 0 atom stereocenters.